The van der Waals surface area contributed by atoms with E-state index in [4.69, 9.17) is 14.2 Å². The van der Waals surface area contributed by atoms with Gasteiger partial charge in [0.15, 0.2) is 6.10 Å². The van der Waals surface area contributed by atoms with Crippen LogP contribution in [0.4, 0.5) is 0 Å². The second-order valence-corrected chi connectivity index (χ2v) is 24.5. The Morgan fingerprint density at radius 1 is 0.265 bits per heavy atom. The van der Waals surface area contributed by atoms with Crippen molar-refractivity contribution in [3.63, 3.8) is 0 Å². The van der Waals surface area contributed by atoms with Gasteiger partial charge in [0.1, 0.15) is 13.2 Å². The summed E-state index contributed by atoms with van der Waals surface area (Å²) in [5.74, 6) is -1.01. The quantitative estimate of drug-likeness (QED) is 0.0261. The number of esters is 3. The molecule has 0 rings (SSSR count). The molecular formula is C77H138O6. The zero-order valence-corrected chi connectivity index (χ0v) is 55.5. The lowest BCUT2D eigenvalue weighted by molar-refractivity contribution is -0.166. The monoisotopic (exact) mass is 1160 g/mol. The summed E-state index contributed by atoms with van der Waals surface area (Å²) in [6.45, 7) is 6.51. The molecular weight excluding hydrogens is 1020 g/mol. The number of unbranched alkanes of at least 4 members (excludes halogenated alkanes) is 45. The van der Waals surface area contributed by atoms with Crippen LogP contribution in [-0.4, -0.2) is 37.2 Å². The molecule has 1 atom stereocenters. The molecule has 83 heavy (non-hydrogen) atoms. The first-order valence-corrected chi connectivity index (χ1v) is 36.4. The van der Waals surface area contributed by atoms with E-state index in [2.05, 4.69) is 81.5 Å². The molecule has 0 aromatic heterocycles. The molecule has 0 saturated carbocycles. The van der Waals surface area contributed by atoms with Crippen LogP contribution in [0.15, 0.2) is 72.9 Å². The van der Waals surface area contributed by atoms with Crippen LogP contribution >= 0.6 is 0 Å². The summed E-state index contributed by atoms with van der Waals surface area (Å²) in [6.07, 6.45) is 94.0. The van der Waals surface area contributed by atoms with E-state index in [-0.39, 0.29) is 31.6 Å². The van der Waals surface area contributed by atoms with Gasteiger partial charge in [-0.2, -0.15) is 0 Å². The van der Waals surface area contributed by atoms with Crippen molar-refractivity contribution in [2.45, 2.75) is 386 Å². The van der Waals surface area contributed by atoms with Crippen molar-refractivity contribution in [1.82, 2.24) is 0 Å². The van der Waals surface area contributed by atoms with Crippen LogP contribution < -0.4 is 0 Å². The van der Waals surface area contributed by atoms with Crippen LogP contribution in [0.2, 0.25) is 0 Å². The molecule has 0 spiro atoms. The molecule has 6 heteroatoms. The zero-order chi connectivity index (χ0) is 59.9. The van der Waals surface area contributed by atoms with E-state index in [9.17, 15) is 14.4 Å². The first-order chi connectivity index (χ1) is 41.0. The van der Waals surface area contributed by atoms with Gasteiger partial charge in [-0.25, -0.2) is 0 Å². The van der Waals surface area contributed by atoms with Crippen LogP contribution in [0.5, 0.6) is 0 Å². The summed E-state index contributed by atoms with van der Waals surface area (Å²) < 4.78 is 16.9. The molecule has 0 amide bonds. The van der Waals surface area contributed by atoms with Crippen molar-refractivity contribution >= 4 is 17.9 Å². The maximum absolute atomic E-state index is 13.0. The second kappa shape index (κ2) is 71.3. The van der Waals surface area contributed by atoms with Gasteiger partial charge in [0.05, 0.1) is 6.42 Å². The molecule has 482 valence electrons. The Morgan fingerprint density at radius 2 is 0.518 bits per heavy atom. The Labute approximate surface area is 516 Å². The molecule has 0 radical (unpaired) electrons. The highest BCUT2D eigenvalue weighted by molar-refractivity contribution is 5.72. The van der Waals surface area contributed by atoms with Crippen molar-refractivity contribution in [1.29, 1.82) is 0 Å². The number of hydrogen-bond acceptors (Lipinski definition) is 6. The zero-order valence-electron chi connectivity index (χ0n) is 55.5. The van der Waals surface area contributed by atoms with Gasteiger partial charge in [0.2, 0.25) is 0 Å². The van der Waals surface area contributed by atoms with Gasteiger partial charge in [0.25, 0.3) is 0 Å². The van der Waals surface area contributed by atoms with E-state index in [1.807, 2.05) is 12.2 Å². The predicted molar refractivity (Wildman–Crippen MR) is 362 cm³/mol. The van der Waals surface area contributed by atoms with Crippen molar-refractivity contribution in [3.05, 3.63) is 72.9 Å². The van der Waals surface area contributed by atoms with Crippen LogP contribution in [0, 0.1) is 0 Å². The molecule has 0 aliphatic rings. The van der Waals surface area contributed by atoms with Crippen LogP contribution in [0.3, 0.4) is 0 Å². The number of allylic oxidation sites excluding steroid dienone is 11. The lowest BCUT2D eigenvalue weighted by Crippen LogP contribution is -2.30. The normalized spacial score (nSPS) is 12.5. The molecule has 6 nitrogen and oxygen atoms in total. The molecule has 0 aromatic carbocycles. The van der Waals surface area contributed by atoms with Gasteiger partial charge in [-0.05, 0) is 70.6 Å². The van der Waals surface area contributed by atoms with Crippen molar-refractivity contribution in [3.8, 4) is 0 Å². The second-order valence-electron chi connectivity index (χ2n) is 24.5. The summed E-state index contributed by atoms with van der Waals surface area (Å²) >= 11 is 0. The Morgan fingerprint density at radius 3 is 0.831 bits per heavy atom. The Kier molecular flexibility index (Phi) is 68.6. The van der Waals surface area contributed by atoms with Gasteiger partial charge in [-0.15, -0.1) is 0 Å². The highest BCUT2D eigenvalue weighted by Crippen LogP contribution is 2.19. The van der Waals surface area contributed by atoms with E-state index in [0.717, 1.165) is 70.6 Å². The van der Waals surface area contributed by atoms with E-state index >= 15 is 0 Å². The van der Waals surface area contributed by atoms with E-state index < -0.39 is 12.1 Å². The highest BCUT2D eigenvalue weighted by atomic mass is 16.6. The summed E-state index contributed by atoms with van der Waals surface area (Å²) in [5.41, 5.74) is 0. The minimum absolute atomic E-state index is 0.101. The maximum atomic E-state index is 13.0. The Bertz CT molecular complexity index is 1520. The SMILES string of the molecule is CC/C=C\C/C=C\C/C=C\C/C=C\C/C=C\CC(=O)OCC(COC(=O)CCCCCCCCCCCCCCC/C=C\CCCCCCCCCC)OC(=O)CCCCCCCCCCCCCCCCCCCCCCCCCCC. The third-order valence-electron chi connectivity index (χ3n) is 16.2. The smallest absolute Gasteiger partial charge is 0.309 e. The fourth-order valence-corrected chi connectivity index (χ4v) is 10.8. The van der Waals surface area contributed by atoms with Crippen LogP contribution in [0.25, 0.3) is 0 Å². The summed E-state index contributed by atoms with van der Waals surface area (Å²) in [7, 11) is 0. The van der Waals surface area contributed by atoms with Gasteiger partial charge in [-0.3, -0.25) is 14.4 Å². The molecule has 0 aliphatic carbocycles. The van der Waals surface area contributed by atoms with Crippen molar-refractivity contribution in [2.75, 3.05) is 13.2 Å². The molecule has 0 aromatic rings. The Hall–Kier alpha value is -3.15. The molecule has 0 fully saturated rings. The van der Waals surface area contributed by atoms with E-state index in [1.165, 1.54) is 270 Å². The maximum Gasteiger partial charge on any atom is 0.309 e. The largest absolute Gasteiger partial charge is 0.462 e. The summed E-state index contributed by atoms with van der Waals surface area (Å²) in [5, 5.41) is 0. The average Bonchev–Trinajstić information content (AvgIpc) is 3.49. The topological polar surface area (TPSA) is 78.9 Å². The van der Waals surface area contributed by atoms with Gasteiger partial charge >= 0.3 is 17.9 Å². The minimum Gasteiger partial charge on any atom is -0.462 e. The first kappa shape index (κ1) is 79.8. The van der Waals surface area contributed by atoms with Crippen LogP contribution in [0.1, 0.15) is 380 Å². The number of carbonyl (C=O) groups is 3. The third-order valence-corrected chi connectivity index (χ3v) is 16.2. The van der Waals surface area contributed by atoms with Crippen molar-refractivity contribution < 1.29 is 28.6 Å². The minimum atomic E-state index is -0.815. The first-order valence-electron chi connectivity index (χ1n) is 36.4. The average molecular weight is 1160 g/mol. The highest BCUT2D eigenvalue weighted by Gasteiger charge is 2.19. The lowest BCUT2D eigenvalue weighted by Gasteiger charge is -2.18. The molecule has 0 heterocycles. The standard InChI is InChI=1S/C77H138O6/c1-4-7-10-13-16-19-22-25-28-30-32-34-36-38-40-42-44-46-49-52-55-58-61-64-67-70-76(79)82-73-74(72-81-75(78)69-66-63-60-57-54-51-48-27-24-21-18-15-12-9-6-3)83-77(80)71-68-65-62-59-56-53-50-47-45-43-41-39-37-35-33-31-29-26-23-20-17-14-11-8-5-2/h9,12,18,21,27,30,32,48,54,57,63,66,74H,4-8,10-11,13-17,19-20,22-26,28-29,31,33-47,49-53,55-56,58-62,64-65,67-73H2,1-3H3/b12-9-,21-18-,32-30-,48-27-,57-54-,66-63-. The fraction of sp³-hybridized carbons (Fsp3) is 0.805. The summed E-state index contributed by atoms with van der Waals surface area (Å²) in [4.78, 5) is 38.4. The van der Waals surface area contributed by atoms with Gasteiger partial charge < -0.3 is 14.2 Å². The van der Waals surface area contributed by atoms with E-state index in [1.54, 1.807) is 0 Å². The molecule has 0 bridgehead atoms. The lowest BCUT2D eigenvalue weighted by atomic mass is 10.0. The number of hydrogen-bond donors (Lipinski definition) is 0. The molecule has 0 saturated heterocycles. The van der Waals surface area contributed by atoms with Crippen molar-refractivity contribution in [2.24, 2.45) is 0 Å². The third kappa shape index (κ3) is 69.5. The number of ether oxygens (including phenoxy) is 3. The Balaban J connectivity index is 4.31. The number of rotatable bonds is 67. The number of carbonyl (C=O) groups excluding carboxylic acids is 3. The van der Waals surface area contributed by atoms with E-state index in [0.29, 0.717) is 12.8 Å². The molecule has 1 unspecified atom stereocenters. The predicted octanol–water partition coefficient (Wildman–Crippen LogP) is 25.2. The fourth-order valence-electron chi connectivity index (χ4n) is 10.8. The van der Waals surface area contributed by atoms with Crippen LogP contribution in [-0.2, 0) is 28.6 Å². The summed E-state index contributed by atoms with van der Waals surface area (Å²) in [6, 6.07) is 0. The van der Waals surface area contributed by atoms with Gasteiger partial charge in [0, 0.05) is 12.8 Å². The molecule has 0 aliphatic heterocycles. The van der Waals surface area contributed by atoms with Gasteiger partial charge in [-0.1, -0.05) is 363 Å². The molecule has 0 N–H and O–H groups in total.